The predicted molar refractivity (Wildman–Crippen MR) is 128 cm³/mol. The first-order chi connectivity index (χ1) is 15.2. The van der Waals surface area contributed by atoms with Crippen molar-refractivity contribution in [2.45, 2.75) is 31.0 Å². The van der Waals surface area contributed by atoms with E-state index in [-0.39, 0.29) is 18.0 Å². The fourth-order valence-corrected chi connectivity index (χ4v) is 4.35. The molecule has 2 nitrogen and oxygen atoms in total. The van der Waals surface area contributed by atoms with Gasteiger partial charge in [0.25, 0.3) is 0 Å². The molecule has 0 bridgehead atoms. The number of rotatable bonds is 8. The summed E-state index contributed by atoms with van der Waals surface area (Å²) in [7, 11) is 0. The smallest absolute Gasteiger partial charge is 0.0598 e. The normalized spacial score (nSPS) is 14.2. The summed E-state index contributed by atoms with van der Waals surface area (Å²) in [5.74, 6) is -0.0986. The van der Waals surface area contributed by atoms with Crippen molar-refractivity contribution in [3.05, 3.63) is 144 Å². The van der Waals surface area contributed by atoms with Crippen molar-refractivity contribution in [3.8, 4) is 0 Å². The molecule has 0 amide bonds. The molecule has 0 aliphatic heterocycles. The molecule has 156 valence electrons. The molecule has 4 aromatic rings. The van der Waals surface area contributed by atoms with Crippen LogP contribution in [0.25, 0.3) is 0 Å². The zero-order chi connectivity index (χ0) is 21.5. The Balaban J connectivity index is 1.81. The van der Waals surface area contributed by atoms with Gasteiger partial charge in [-0.25, -0.2) is 0 Å². The van der Waals surface area contributed by atoms with Gasteiger partial charge < -0.3 is 5.11 Å². The third-order valence-electron chi connectivity index (χ3n) is 5.83. The highest BCUT2D eigenvalue weighted by Crippen LogP contribution is 2.37. The second-order valence-electron chi connectivity index (χ2n) is 7.99. The van der Waals surface area contributed by atoms with E-state index in [1.807, 2.05) is 43.3 Å². The molecule has 0 aromatic heterocycles. The summed E-state index contributed by atoms with van der Waals surface area (Å²) in [6, 6.07) is 41.7. The summed E-state index contributed by atoms with van der Waals surface area (Å²) in [6.45, 7) is 1.88. The lowest BCUT2D eigenvalue weighted by molar-refractivity contribution is 0.138. The van der Waals surface area contributed by atoms with Gasteiger partial charge in [-0.05, 0) is 29.2 Å². The Morgan fingerprint density at radius 1 is 0.516 bits per heavy atom. The van der Waals surface area contributed by atoms with Gasteiger partial charge in [0.2, 0.25) is 0 Å². The van der Waals surface area contributed by atoms with Crippen LogP contribution in [-0.2, 0) is 0 Å². The van der Waals surface area contributed by atoms with Gasteiger partial charge in [-0.1, -0.05) is 121 Å². The van der Waals surface area contributed by atoms with Crippen LogP contribution in [-0.4, -0.2) is 11.2 Å². The van der Waals surface area contributed by atoms with Gasteiger partial charge in [-0.2, -0.15) is 0 Å². The van der Waals surface area contributed by atoms with E-state index in [1.54, 1.807) is 0 Å². The van der Waals surface area contributed by atoms with Gasteiger partial charge in [0.05, 0.1) is 12.1 Å². The first kappa shape index (κ1) is 21.0. The van der Waals surface area contributed by atoms with Crippen molar-refractivity contribution >= 4 is 0 Å². The average molecular weight is 408 g/mol. The van der Waals surface area contributed by atoms with E-state index in [4.69, 9.17) is 0 Å². The molecule has 2 heteroatoms. The Morgan fingerprint density at radius 2 is 0.871 bits per heavy atom. The molecule has 3 atom stereocenters. The van der Waals surface area contributed by atoms with Crippen molar-refractivity contribution in [3.63, 3.8) is 0 Å². The quantitative estimate of drug-likeness (QED) is 0.361. The third-order valence-corrected chi connectivity index (χ3v) is 5.83. The van der Waals surface area contributed by atoms with Crippen molar-refractivity contribution in [2.75, 3.05) is 0 Å². The van der Waals surface area contributed by atoms with Gasteiger partial charge in [-0.15, -0.1) is 0 Å². The molecular weight excluding hydrogens is 378 g/mol. The van der Waals surface area contributed by atoms with Crippen LogP contribution in [0.3, 0.4) is 0 Å². The zero-order valence-electron chi connectivity index (χ0n) is 17.8. The fourth-order valence-electron chi connectivity index (χ4n) is 4.35. The Bertz CT molecular complexity index is 994. The average Bonchev–Trinajstić information content (AvgIpc) is 2.83. The molecule has 0 saturated heterocycles. The summed E-state index contributed by atoms with van der Waals surface area (Å²) in [4.78, 5) is 0. The first-order valence-electron chi connectivity index (χ1n) is 10.9. The van der Waals surface area contributed by atoms with Crippen LogP contribution in [0.1, 0.15) is 47.2 Å². The molecule has 0 saturated carbocycles. The van der Waals surface area contributed by atoms with Crippen molar-refractivity contribution < 1.29 is 5.11 Å². The Kier molecular flexibility index (Phi) is 6.93. The van der Waals surface area contributed by atoms with E-state index >= 15 is 0 Å². The number of hydrogen-bond acceptors (Lipinski definition) is 2. The van der Waals surface area contributed by atoms with Gasteiger partial charge in [0.1, 0.15) is 0 Å². The van der Waals surface area contributed by atoms with Crippen molar-refractivity contribution in [2.24, 2.45) is 0 Å². The number of aliphatic hydroxyl groups is 1. The van der Waals surface area contributed by atoms with Crippen LogP contribution in [0, 0.1) is 0 Å². The van der Waals surface area contributed by atoms with Crippen LogP contribution >= 0.6 is 0 Å². The Hall–Kier alpha value is -3.20. The van der Waals surface area contributed by atoms with E-state index in [0.29, 0.717) is 0 Å². The molecule has 2 N–H and O–H groups in total. The Morgan fingerprint density at radius 3 is 1.26 bits per heavy atom. The van der Waals surface area contributed by atoms with Gasteiger partial charge in [0, 0.05) is 12.0 Å². The van der Waals surface area contributed by atoms with Crippen molar-refractivity contribution in [1.29, 1.82) is 0 Å². The summed E-state index contributed by atoms with van der Waals surface area (Å²) in [6.07, 6.45) is -0.521. The summed E-state index contributed by atoms with van der Waals surface area (Å²) in [5.41, 5.74) is 4.69. The molecule has 4 rings (SSSR count). The molecule has 0 fully saturated rings. The lowest BCUT2D eigenvalue weighted by atomic mass is 9.82. The third kappa shape index (κ3) is 5.11. The van der Waals surface area contributed by atoms with E-state index in [2.05, 4.69) is 90.2 Å². The maximum absolute atomic E-state index is 10.9. The first-order valence-corrected chi connectivity index (χ1v) is 10.9. The van der Waals surface area contributed by atoms with Crippen LogP contribution in [0.15, 0.2) is 121 Å². The maximum atomic E-state index is 10.9. The number of benzene rings is 4. The van der Waals surface area contributed by atoms with Crippen LogP contribution in [0.5, 0.6) is 0 Å². The van der Waals surface area contributed by atoms with E-state index in [1.165, 1.54) is 11.1 Å². The summed E-state index contributed by atoms with van der Waals surface area (Å²) in [5, 5.41) is 14.8. The molecule has 4 aromatic carbocycles. The second kappa shape index (κ2) is 10.2. The van der Waals surface area contributed by atoms with Gasteiger partial charge in [-0.3, -0.25) is 5.32 Å². The van der Waals surface area contributed by atoms with E-state index in [9.17, 15) is 5.11 Å². The highest BCUT2D eigenvalue weighted by molar-refractivity contribution is 5.35. The molecule has 0 aliphatic carbocycles. The van der Waals surface area contributed by atoms with E-state index in [0.717, 1.165) is 11.1 Å². The monoisotopic (exact) mass is 407 g/mol. The number of aliphatic hydroxyl groups excluding tert-OH is 1. The maximum Gasteiger partial charge on any atom is 0.0598 e. The van der Waals surface area contributed by atoms with Crippen LogP contribution in [0.2, 0.25) is 0 Å². The van der Waals surface area contributed by atoms with Gasteiger partial charge >= 0.3 is 0 Å². The lowest BCUT2D eigenvalue weighted by Gasteiger charge is -2.35. The molecule has 0 heterocycles. The zero-order valence-corrected chi connectivity index (χ0v) is 17.8. The molecule has 31 heavy (non-hydrogen) atoms. The standard InChI is InChI=1S/C29H29NO/c1-22(31)27(23-14-6-2-7-15-23)29(26-20-12-5-13-21-26)30-28(24-16-8-3-9-17-24)25-18-10-4-11-19-25/h2-22,27-31H,1H3/t22-,27-,29+/m0/s1. The van der Waals surface area contributed by atoms with Crippen LogP contribution < -0.4 is 5.32 Å². The molecule has 0 spiro atoms. The topological polar surface area (TPSA) is 32.3 Å². The Labute approximate surface area is 185 Å². The lowest BCUT2D eigenvalue weighted by Crippen LogP contribution is -2.35. The molecule has 0 aliphatic rings. The minimum absolute atomic E-state index is 0.00225. The summed E-state index contributed by atoms with van der Waals surface area (Å²) >= 11 is 0. The second-order valence-corrected chi connectivity index (χ2v) is 7.99. The summed E-state index contributed by atoms with van der Waals surface area (Å²) < 4.78 is 0. The minimum Gasteiger partial charge on any atom is -0.393 e. The highest BCUT2D eigenvalue weighted by Gasteiger charge is 2.31. The largest absolute Gasteiger partial charge is 0.393 e. The predicted octanol–water partition coefficient (Wildman–Crippen LogP) is 6.27. The number of hydrogen-bond donors (Lipinski definition) is 2. The number of nitrogens with one attached hydrogen (secondary N) is 1. The fraction of sp³-hybridized carbons (Fsp3) is 0.172. The van der Waals surface area contributed by atoms with Gasteiger partial charge in [0.15, 0.2) is 0 Å². The highest BCUT2D eigenvalue weighted by atomic mass is 16.3. The van der Waals surface area contributed by atoms with E-state index < -0.39 is 6.10 Å². The van der Waals surface area contributed by atoms with Crippen molar-refractivity contribution in [1.82, 2.24) is 5.32 Å². The molecule has 0 unspecified atom stereocenters. The molecular formula is C29H29NO. The molecule has 0 radical (unpaired) electrons. The minimum atomic E-state index is -0.521. The SMILES string of the molecule is C[C@H](O)[C@@H](c1ccccc1)[C@H](NC(c1ccccc1)c1ccccc1)c1ccccc1. The van der Waals surface area contributed by atoms with Crippen LogP contribution in [0.4, 0.5) is 0 Å².